The molecule has 18 heteroatoms. The number of amidine groups is 1. The minimum absolute atomic E-state index is 0.0154. The Kier molecular flexibility index (Phi) is 9.65. The first-order chi connectivity index (χ1) is 22.1. The Bertz CT molecular complexity index is 1850. The number of carbonyl (C=O) groups excluding carboxylic acids is 2. The molecule has 1 unspecified atom stereocenters. The normalized spacial score (nSPS) is 15.4. The van der Waals surface area contributed by atoms with Crippen molar-refractivity contribution in [3.8, 4) is 17.1 Å². The maximum atomic E-state index is 15.0. The number of thioether (sulfide) groups is 2. The monoisotopic (exact) mass is 698 g/mol. The van der Waals surface area contributed by atoms with Gasteiger partial charge in [-0.25, -0.2) is 18.9 Å². The highest BCUT2D eigenvalue weighted by Gasteiger charge is 2.44. The molecule has 0 radical (unpaired) electrons. The number of aryl methyl sites for hydroxylation is 1. The average Bonchev–Trinajstić information content (AvgIpc) is 3.61. The fraction of sp³-hybridized carbons (Fsp3) is 0.207. The highest BCUT2D eigenvalue weighted by atomic mass is 32.2. The molecule has 1 N–H and O–H groups in total. The largest absolute Gasteiger partial charge is 0.446 e. The number of carbonyl (C=O) groups is 2. The fourth-order valence-corrected chi connectivity index (χ4v) is 5.89. The second-order valence-corrected chi connectivity index (χ2v) is 11.9. The molecule has 2 heterocycles. The molecule has 0 spiro atoms. The predicted octanol–water partition coefficient (Wildman–Crippen LogP) is 7.91. The maximum absolute atomic E-state index is 15.0. The van der Waals surface area contributed by atoms with Crippen molar-refractivity contribution in [2.45, 2.75) is 29.6 Å². The zero-order chi connectivity index (χ0) is 34.1. The van der Waals surface area contributed by atoms with Gasteiger partial charge in [0, 0.05) is 23.1 Å². The van der Waals surface area contributed by atoms with Gasteiger partial charge in [0.25, 0.3) is 0 Å². The van der Waals surface area contributed by atoms with Crippen molar-refractivity contribution >= 4 is 52.0 Å². The Labute approximate surface area is 270 Å². The van der Waals surface area contributed by atoms with Crippen molar-refractivity contribution in [3.63, 3.8) is 0 Å². The lowest BCUT2D eigenvalue weighted by molar-refractivity contribution is -0.215. The average molecular weight is 699 g/mol. The van der Waals surface area contributed by atoms with Gasteiger partial charge in [-0.3, -0.25) is 9.69 Å². The van der Waals surface area contributed by atoms with Gasteiger partial charge < -0.3 is 10.1 Å². The van der Waals surface area contributed by atoms with Crippen molar-refractivity contribution in [1.82, 2.24) is 14.8 Å². The first kappa shape index (κ1) is 33.9. The lowest BCUT2D eigenvalue weighted by atomic mass is 10.0. The molecule has 0 bridgehead atoms. The molecule has 0 aliphatic carbocycles. The number of benzene rings is 3. The molecule has 1 saturated heterocycles. The van der Waals surface area contributed by atoms with E-state index < -0.39 is 35.5 Å². The van der Waals surface area contributed by atoms with E-state index in [4.69, 9.17) is 4.74 Å². The lowest BCUT2D eigenvalue weighted by Crippen LogP contribution is -2.33. The summed E-state index contributed by atoms with van der Waals surface area (Å²) in [5.41, 5.74) is -4.09. The van der Waals surface area contributed by atoms with Crippen molar-refractivity contribution in [1.29, 1.82) is 0 Å². The van der Waals surface area contributed by atoms with Crippen LogP contribution in [-0.4, -0.2) is 56.4 Å². The van der Waals surface area contributed by atoms with Gasteiger partial charge in [0.1, 0.15) is 12.1 Å². The van der Waals surface area contributed by atoms with Crippen LogP contribution in [0.1, 0.15) is 17.2 Å². The molecule has 1 fully saturated rings. The molecule has 5 rings (SSSR count). The van der Waals surface area contributed by atoms with E-state index in [0.717, 1.165) is 29.8 Å². The number of alkyl halides is 6. The number of nitrogens with zero attached hydrogens (tertiary/aromatic N) is 5. The Hall–Kier alpha value is -4.42. The van der Waals surface area contributed by atoms with Crippen LogP contribution in [0.2, 0.25) is 0 Å². The van der Waals surface area contributed by atoms with Crippen LogP contribution in [0.3, 0.4) is 0 Å². The summed E-state index contributed by atoms with van der Waals surface area (Å²) in [6.07, 6.45) is -5.87. The molecule has 3 aromatic carbocycles. The number of halogens is 7. The SMILES string of the molecule is COC(c1ccc(C)cc1N1C(=O)CSC1=NC(=O)Nc1ccc(-c2ncn(-c3ccc(SC(F)(F)F)cc3)n2)cc1F)C(F)(F)F. The second kappa shape index (κ2) is 13.4. The summed E-state index contributed by atoms with van der Waals surface area (Å²) in [5, 5.41) is 6.27. The number of rotatable bonds is 7. The van der Waals surface area contributed by atoms with Gasteiger partial charge in [-0.05, 0) is 72.8 Å². The Balaban J connectivity index is 1.33. The van der Waals surface area contributed by atoms with Crippen LogP contribution in [0.15, 0.2) is 76.9 Å². The summed E-state index contributed by atoms with van der Waals surface area (Å²) in [4.78, 5) is 34.4. The minimum Gasteiger partial charge on any atom is -0.367 e. The minimum atomic E-state index is -4.80. The number of aromatic nitrogens is 3. The Morgan fingerprint density at radius 3 is 2.43 bits per heavy atom. The third kappa shape index (κ3) is 7.94. The van der Waals surface area contributed by atoms with E-state index in [9.17, 15) is 35.9 Å². The van der Waals surface area contributed by atoms with Gasteiger partial charge in [0.2, 0.25) is 5.91 Å². The number of methoxy groups -OCH3 is 1. The third-order valence-corrected chi connectivity index (χ3v) is 8.16. The van der Waals surface area contributed by atoms with Gasteiger partial charge >= 0.3 is 17.7 Å². The molecule has 3 amide bonds. The van der Waals surface area contributed by atoms with Crippen LogP contribution in [0.4, 0.5) is 46.9 Å². The molecule has 4 aromatic rings. The van der Waals surface area contributed by atoms with Gasteiger partial charge in [-0.15, -0.1) is 5.10 Å². The van der Waals surface area contributed by atoms with Crippen LogP contribution >= 0.6 is 23.5 Å². The summed E-state index contributed by atoms with van der Waals surface area (Å²) in [7, 11) is 0.884. The summed E-state index contributed by atoms with van der Waals surface area (Å²) >= 11 is 0.561. The molecule has 9 nitrogen and oxygen atoms in total. The van der Waals surface area contributed by atoms with Gasteiger partial charge in [0.15, 0.2) is 17.1 Å². The number of nitrogens with one attached hydrogen (secondary N) is 1. The second-order valence-electron chi connectivity index (χ2n) is 9.81. The van der Waals surface area contributed by atoms with Crippen LogP contribution in [-0.2, 0) is 9.53 Å². The standard InChI is InChI=1S/C29H21F7N6O3S2/c1-15-3-9-19(24(45-2)28(31,32)33)22(11-15)42-23(43)13-46-27(42)39-26(44)38-21-10-4-16(12-20(21)30)25-37-14-41(40-25)17-5-7-18(8-6-17)47-29(34,35)36/h3-12,14,24H,13H2,1-2H3,(H,38,44). The van der Waals surface area contributed by atoms with Crippen molar-refractivity contribution < 1.29 is 45.1 Å². The van der Waals surface area contributed by atoms with E-state index in [1.54, 1.807) is 6.92 Å². The highest BCUT2D eigenvalue weighted by molar-refractivity contribution is 8.15. The third-order valence-electron chi connectivity index (χ3n) is 6.50. The number of amides is 3. The number of hydrogen-bond acceptors (Lipinski definition) is 7. The summed E-state index contributed by atoms with van der Waals surface area (Å²) in [5.74, 6) is -1.65. The molecule has 1 aliphatic heterocycles. The molecule has 47 heavy (non-hydrogen) atoms. The van der Waals surface area contributed by atoms with E-state index in [0.29, 0.717) is 11.3 Å². The number of anilines is 2. The van der Waals surface area contributed by atoms with Gasteiger partial charge in [-0.2, -0.15) is 31.3 Å². The van der Waals surface area contributed by atoms with Crippen LogP contribution in [0.5, 0.6) is 0 Å². The quantitative estimate of drug-likeness (QED) is 0.155. The van der Waals surface area contributed by atoms with E-state index in [-0.39, 0.29) is 55.9 Å². The molecule has 246 valence electrons. The zero-order valence-corrected chi connectivity index (χ0v) is 25.7. The molecule has 1 aromatic heterocycles. The van der Waals surface area contributed by atoms with E-state index in [1.807, 2.05) is 0 Å². The zero-order valence-electron chi connectivity index (χ0n) is 24.1. The summed E-state index contributed by atoms with van der Waals surface area (Å²) in [6, 6.07) is 11.9. The Morgan fingerprint density at radius 1 is 1.06 bits per heavy atom. The fourth-order valence-electron chi connectivity index (χ4n) is 4.49. The molecule has 1 atom stereocenters. The lowest BCUT2D eigenvalue weighted by Gasteiger charge is -2.26. The van der Waals surface area contributed by atoms with Crippen molar-refractivity contribution in [2.75, 3.05) is 23.1 Å². The van der Waals surface area contributed by atoms with Crippen molar-refractivity contribution in [2.24, 2.45) is 4.99 Å². The van der Waals surface area contributed by atoms with Crippen LogP contribution in [0.25, 0.3) is 17.1 Å². The van der Waals surface area contributed by atoms with E-state index in [1.165, 1.54) is 65.6 Å². The Morgan fingerprint density at radius 2 is 1.79 bits per heavy atom. The topological polar surface area (TPSA) is 102 Å². The number of ether oxygens (including phenoxy) is 1. The molecule has 0 saturated carbocycles. The van der Waals surface area contributed by atoms with E-state index >= 15 is 4.39 Å². The molecular weight excluding hydrogens is 677 g/mol. The van der Waals surface area contributed by atoms with Crippen molar-refractivity contribution in [3.05, 3.63) is 83.9 Å². The van der Waals surface area contributed by atoms with Gasteiger partial charge in [0.05, 0.1) is 22.8 Å². The first-order valence-electron chi connectivity index (χ1n) is 13.3. The summed E-state index contributed by atoms with van der Waals surface area (Å²) in [6.45, 7) is 1.62. The van der Waals surface area contributed by atoms with Crippen LogP contribution in [0, 0.1) is 12.7 Å². The summed E-state index contributed by atoms with van der Waals surface area (Å²) < 4.78 is 100.0. The highest BCUT2D eigenvalue weighted by Crippen LogP contribution is 2.42. The predicted molar refractivity (Wildman–Crippen MR) is 162 cm³/mol. The smallest absolute Gasteiger partial charge is 0.367 e. The number of urea groups is 1. The van der Waals surface area contributed by atoms with Crippen LogP contribution < -0.4 is 10.2 Å². The first-order valence-corrected chi connectivity index (χ1v) is 15.1. The maximum Gasteiger partial charge on any atom is 0.446 e. The number of hydrogen-bond donors (Lipinski definition) is 1. The number of aliphatic imine (C=N–C) groups is 1. The molecular formula is C29H21F7N6O3S2. The van der Waals surface area contributed by atoms with Gasteiger partial charge in [-0.1, -0.05) is 23.9 Å². The molecule has 1 aliphatic rings. The van der Waals surface area contributed by atoms with E-state index in [2.05, 4.69) is 20.4 Å².